The summed E-state index contributed by atoms with van der Waals surface area (Å²) < 4.78 is 52.2. The van der Waals surface area contributed by atoms with E-state index in [9.17, 15) is 27.9 Å². The molecule has 9 nitrogen and oxygen atoms in total. The molecule has 1 aromatic carbocycles. The van der Waals surface area contributed by atoms with E-state index >= 15 is 0 Å². The van der Waals surface area contributed by atoms with Crippen molar-refractivity contribution in [2.75, 3.05) is 20.8 Å². The van der Waals surface area contributed by atoms with E-state index < -0.39 is 17.2 Å². The van der Waals surface area contributed by atoms with E-state index in [-0.39, 0.29) is 42.5 Å². The molecule has 0 fully saturated rings. The number of hydrogen-bond acceptors (Lipinski definition) is 7. The molecule has 0 radical (unpaired) electrons. The lowest BCUT2D eigenvalue weighted by Crippen LogP contribution is -2.37. The van der Waals surface area contributed by atoms with E-state index in [4.69, 9.17) is 9.47 Å². The van der Waals surface area contributed by atoms with Crippen molar-refractivity contribution in [3.05, 3.63) is 68.4 Å². The van der Waals surface area contributed by atoms with Crippen LogP contribution in [0.3, 0.4) is 0 Å². The highest BCUT2D eigenvalue weighted by Gasteiger charge is 2.36. The van der Waals surface area contributed by atoms with Gasteiger partial charge in [0.1, 0.15) is 22.7 Å². The molecule has 13 heteroatoms. The van der Waals surface area contributed by atoms with Gasteiger partial charge in [-0.25, -0.2) is 14.8 Å². The van der Waals surface area contributed by atoms with Crippen LogP contribution in [0.5, 0.6) is 11.5 Å². The van der Waals surface area contributed by atoms with Gasteiger partial charge in [0, 0.05) is 28.7 Å². The van der Waals surface area contributed by atoms with Gasteiger partial charge in [0.05, 0.1) is 39.4 Å². The third-order valence-electron chi connectivity index (χ3n) is 6.94. The molecule has 4 aromatic rings. The molecule has 4 heterocycles. The molecule has 0 saturated heterocycles. The number of nitrogens with zero attached hydrogens (tertiary/aromatic N) is 4. The van der Waals surface area contributed by atoms with Crippen molar-refractivity contribution in [2.45, 2.75) is 39.0 Å². The van der Waals surface area contributed by atoms with Crippen molar-refractivity contribution in [3.63, 3.8) is 0 Å². The van der Waals surface area contributed by atoms with Crippen LogP contribution >= 0.6 is 11.3 Å². The number of halogens is 3. The van der Waals surface area contributed by atoms with Gasteiger partial charge < -0.3 is 24.0 Å². The van der Waals surface area contributed by atoms with Crippen LogP contribution in [0.4, 0.5) is 13.2 Å². The van der Waals surface area contributed by atoms with Crippen molar-refractivity contribution in [3.8, 4) is 11.5 Å². The second-order valence-corrected chi connectivity index (χ2v) is 10.4. The Balaban J connectivity index is 1.46. The molecule has 0 saturated carbocycles. The number of carboxylic acid groups (broad SMARTS) is 1. The lowest BCUT2D eigenvalue weighted by atomic mass is 10.0. The second kappa shape index (κ2) is 10.5. The Morgan fingerprint density at radius 2 is 1.88 bits per heavy atom. The minimum Gasteiger partial charge on any atom is -0.496 e. The van der Waals surface area contributed by atoms with Crippen LogP contribution in [0.2, 0.25) is 0 Å². The van der Waals surface area contributed by atoms with E-state index in [0.29, 0.717) is 46.1 Å². The molecule has 1 aliphatic rings. The fraction of sp³-hybridized carbons (Fsp3) is 0.333. The summed E-state index contributed by atoms with van der Waals surface area (Å²) in [7, 11) is 2.68. The molecule has 0 unspecified atom stereocenters. The zero-order valence-corrected chi connectivity index (χ0v) is 22.6. The second-order valence-electron chi connectivity index (χ2n) is 9.33. The van der Waals surface area contributed by atoms with Gasteiger partial charge >= 0.3 is 12.1 Å². The van der Waals surface area contributed by atoms with Gasteiger partial charge in [-0.3, -0.25) is 4.79 Å². The van der Waals surface area contributed by atoms with Crippen molar-refractivity contribution < 1.29 is 37.3 Å². The number of ether oxygens (including phenoxy) is 2. The summed E-state index contributed by atoms with van der Waals surface area (Å²) in [6.45, 7) is 2.39. The predicted molar refractivity (Wildman–Crippen MR) is 140 cm³/mol. The standard InChI is InChI=1S/C27H25F3N4O5S/c1-14-21(40-26(32-14)27(28,29)30)13-34-18-12-33(8-6-16(18)17-5-4-7-31-24(17)34)22(35)11-15-9-19(38-2)23(25(36)37)20(10-15)39-3/h4-5,7,9-10H,6,8,11-13H2,1-3H3,(H,36,37). The number of alkyl halides is 3. The van der Waals surface area contributed by atoms with Gasteiger partial charge in [-0.15, -0.1) is 11.3 Å². The average molecular weight is 575 g/mol. The molecule has 1 N–H and O–H groups in total. The Labute approximate surface area is 230 Å². The number of pyridine rings is 1. The SMILES string of the molecule is COc1cc(CC(=O)N2CCc3c(n(Cc4sc(C(F)(F)F)nc4C)c4ncccc34)C2)cc(OC)c1C(=O)O. The number of fused-ring (bicyclic) bond motifs is 3. The maximum atomic E-state index is 13.4. The first-order chi connectivity index (χ1) is 19.0. The highest BCUT2D eigenvalue weighted by molar-refractivity contribution is 7.11. The number of amides is 1. The quantitative estimate of drug-likeness (QED) is 0.341. The first kappa shape index (κ1) is 27.4. The Hall–Kier alpha value is -4.13. The van der Waals surface area contributed by atoms with Crippen molar-refractivity contribution in [2.24, 2.45) is 0 Å². The number of aromatic nitrogens is 3. The molecule has 0 spiro atoms. The Bertz CT molecular complexity index is 1600. The van der Waals surface area contributed by atoms with Crippen LogP contribution in [0.15, 0.2) is 30.5 Å². The molecular weight excluding hydrogens is 549 g/mol. The summed E-state index contributed by atoms with van der Waals surface area (Å²) in [5.74, 6) is -1.24. The lowest BCUT2D eigenvalue weighted by molar-refractivity contribution is -0.137. The van der Waals surface area contributed by atoms with Crippen molar-refractivity contribution >= 4 is 34.2 Å². The molecule has 0 atom stereocenters. The van der Waals surface area contributed by atoms with Gasteiger partial charge in [0.25, 0.3) is 0 Å². The minimum absolute atomic E-state index is 0.0245. The molecule has 210 valence electrons. The summed E-state index contributed by atoms with van der Waals surface area (Å²) in [6.07, 6.45) is -2.36. The van der Waals surface area contributed by atoms with E-state index in [1.807, 2.05) is 16.7 Å². The normalized spacial score (nSPS) is 13.4. The zero-order chi connectivity index (χ0) is 28.8. The van der Waals surface area contributed by atoms with Gasteiger partial charge in [0.2, 0.25) is 5.91 Å². The Morgan fingerprint density at radius 3 is 2.48 bits per heavy atom. The van der Waals surface area contributed by atoms with Crippen LogP contribution in [0.1, 0.15) is 42.8 Å². The third kappa shape index (κ3) is 4.96. The van der Waals surface area contributed by atoms with Gasteiger partial charge in [-0.1, -0.05) is 0 Å². The number of benzene rings is 1. The molecule has 1 aliphatic heterocycles. The predicted octanol–water partition coefficient (Wildman–Crippen LogP) is 4.71. The summed E-state index contributed by atoms with van der Waals surface area (Å²) >= 11 is 0.612. The Kier molecular flexibility index (Phi) is 7.17. The number of methoxy groups -OCH3 is 2. The van der Waals surface area contributed by atoms with E-state index in [0.717, 1.165) is 16.6 Å². The largest absolute Gasteiger partial charge is 0.496 e. The first-order valence-electron chi connectivity index (χ1n) is 12.3. The van der Waals surface area contributed by atoms with Crippen LogP contribution < -0.4 is 9.47 Å². The van der Waals surface area contributed by atoms with Gasteiger partial charge in [0.15, 0.2) is 5.01 Å². The number of rotatable bonds is 7. The molecule has 3 aromatic heterocycles. The molecule has 5 rings (SSSR count). The van der Waals surface area contributed by atoms with Crippen molar-refractivity contribution in [1.82, 2.24) is 19.4 Å². The lowest BCUT2D eigenvalue weighted by Gasteiger charge is -2.29. The smallest absolute Gasteiger partial charge is 0.443 e. The number of hydrogen-bond donors (Lipinski definition) is 1. The zero-order valence-electron chi connectivity index (χ0n) is 21.8. The molecule has 0 aliphatic carbocycles. The monoisotopic (exact) mass is 574 g/mol. The van der Waals surface area contributed by atoms with Crippen LogP contribution in [-0.4, -0.2) is 57.2 Å². The molecule has 40 heavy (non-hydrogen) atoms. The molecule has 1 amide bonds. The number of aromatic carboxylic acids is 1. The summed E-state index contributed by atoms with van der Waals surface area (Å²) in [6, 6.07) is 6.75. The third-order valence-corrected chi connectivity index (χ3v) is 8.13. The average Bonchev–Trinajstić information content (AvgIpc) is 3.45. The van der Waals surface area contributed by atoms with E-state index in [1.165, 1.54) is 26.4 Å². The highest BCUT2D eigenvalue weighted by Crippen LogP contribution is 2.37. The van der Waals surface area contributed by atoms with Gasteiger partial charge in [-0.05, 0) is 48.7 Å². The fourth-order valence-electron chi connectivity index (χ4n) is 5.05. The summed E-state index contributed by atoms with van der Waals surface area (Å²) in [5, 5.41) is 9.54. The molecular formula is C27H25F3N4O5S. The highest BCUT2D eigenvalue weighted by atomic mass is 32.1. The van der Waals surface area contributed by atoms with Crippen molar-refractivity contribution in [1.29, 1.82) is 0 Å². The number of carbonyl (C=O) groups is 2. The maximum Gasteiger partial charge on any atom is 0.443 e. The number of carboxylic acids is 1. The van der Waals surface area contributed by atoms with Gasteiger partial charge in [-0.2, -0.15) is 13.2 Å². The van der Waals surface area contributed by atoms with Crippen LogP contribution in [0.25, 0.3) is 11.0 Å². The van der Waals surface area contributed by atoms with E-state index in [1.54, 1.807) is 18.0 Å². The fourth-order valence-corrected chi connectivity index (χ4v) is 5.97. The Morgan fingerprint density at radius 1 is 1.18 bits per heavy atom. The molecule has 0 bridgehead atoms. The van der Waals surface area contributed by atoms with Crippen LogP contribution in [-0.2, 0) is 36.9 Å². The topological polar surface area (TPSA) is 107 Å². The van der Waals surface area contributed by atoms with Crippen LogP contribution in [0, 0.1) is 6.92 Å². The minimum atomic E-state index is -4.53. The number of aryl methyl sites for hydroxylation is 1. The number of thiazole rings is 1. The number of carbonyl (C=O) groups excluding carboxylic acids is 1. The maximum absolute atomic E-state index is 13.4. The first-order valence-corrected chi connectivity index (χ1v) is 13.1. The summed E-state index contributed by atoms with van der Waals surface area (Å²) in [5.41, 5.74) is 3.16. The van der Waals surface area contributed by atoms with E-state index in [2.05, 4.69) is 9.97 Å². The summed E-state index contributed by atoms with van der Waals surface area (Å²) in [4.78, 5) is 35.5.